The summed E-state index contributed by atoms with van der Waals surface area (Å²) in [5.41, 5.74) is 6.49. The van der Waals surface area contributed by atoms with Crippen LogP contribution in [0.3, 0.4) is 0 Å². The lowest BCUT2D eigenvalue weighted by Gasteiger charge is -2.23. The average molecular weight is 440 g/mol. The van der Waals surface area contributed by atoms with E-state index in [1.807, 2.05) is 0 Å². The lowest BCUT2D eigenvalue weighted by atomic mass is 9.96. The molecule has 0 aliphatic heterocycles. The second-order valence-electron chi connectivity index (χ2n) is 5.35. The number of halogens is 3. The van der Waals surface area contributed by atoms with Crippen molar-refractivity contribution in [2.45, 2.75) is 51.1 Å². The van der Waals surface area contributed by atoms with E-state index in [0.29, 0.717) is 17.7 Å². The molecule has 0 spiro atoms. The minimum Gasteiger partial charge on any atom is -0.472 e. The van der Waals surface area contributed by atoms with Crippen molar-refractivity contribution in [3.8, 4) is 5.88 Å². The number of alkyl halides is 2. The summed E-state index contributed by atoms with van der Waals surface area (Å²) in [7, 11) is 0. The number of aliphatic imine (C=N–C) groups is 1. The van der Waals surface area contributed by atoms with Crippen LogP contribution in [0.2, 0.25) is 0 Å². The Morgan fingerprint density at radius 2 is 2.09 bits per heavy atom. The molecule has 0 unspecified atom stereocenters. The van der Waals surface area contributed by atoms with Gasteiger partial charge >= 0.3 is 0 Å². The van der Waals surface area contributed by atoms with Crippen molar-refractivity contribution in [2.75, 3.05) is 6.61 Å². The third-order valence-electron chi connectivity index (χ3n) is 3.51. The molecule has 0 aromatic carbocycles. The quantitative estimate of drug-likeness (QED) is 0.405. The molecule has 1 aliphatic rings. The second-order valence-corrected chi connectivity index (χ2v) is 5.35. The van der Waals surface area contributed by atoms with E-state index in [9.17, 15) is 8.78 Å². The molecule has 8 heteroatoms. The lowest BCUT2D eigenvalue weighted by molar-refractivity contribution is 0.0795. The van der Waals surface area contributed by atoms with Crippen molar-refractivity contribution < 1.29 is 13.5 Å². The summed E-state index contributed by atoms with van der Waals surface area (Å²) in [4.78, 5) is 8.36. The number of hydrogen-bond acceptors (Lipinski definition) is 3. The Morgan fingerprint density at radius 3 is 2.78 bits per heavy atom. The van der Waals surface area contributed by atoms with Crippen LogP contribution >= 0.6 is 24.0 Å². The van der Waals surface area contributed by atoms with Gasteiger partial charge in [-0.1, -0.05) is 25.3 Å². The summed E-state index contributed by atoms with van der Waals surface area (Å²) < 4.78 is 29.1. The fourth-order valence-electron chi connectivity index (χ4n) is 2.44. The molecule has 0 bridgehead atoms. The SMILES string of the molecule is I.NC(=NCc1cccc(OCC(F)F)n1)NC1CCCCC1. The first kappa shape index (κ1) is 19.9. The topological polar surface area (TPSA) is 72.5 Å². The minimum atomic E-state index is -2.51. The van der Waals surface area contributed by atoms with Crippen molar-refractivity contribution in [3.63, 3.8) is 0 Å². The van der Waals surface area contributed by atoms with Gasteiger partial charge in [0.1, 0.15) is 0 Å². The Balaban J connectivity index is 0.00000264. The number of nitrogens with two attached hydrogens (primary N) is 1. The van der Waals surface area contributed by atoms with Gasteiger partial charge in [0.05, 0.1) is 12.2 Å². The maximum absolute atomic E-state index is 12.1. The highest BCUT2D eigenvalue weighted by Crippen LogP contribution is 2.17. The summed E-state index contributed by atoms with van der Waals surface area (Å²) >= 11 is 0. The summed E-state index contributed by atoms with van der Waals surface area (Å²) in [6, 6.07) is 5.39. The zero-order chi connectivity index (χ0) is 15.8. The van der Waals surface area contributed by atoms with Gasteiger partial charge in [-0.15, -0.1) is 24.0 Å². The molecule has 1 fully saturated rings. The Bertz CT molecular complexity index is 496. The summed E-state index contributed by atoms with van der Waals surface area (Å²) in [6.45, 7) is -0.372. The Hall–Kier alpha value is -1.19. The number of nitrogens with zero attached hydrogens (tertiary/aromatic N) is 2. The summed E-state index contributed by atoms with van der Waals surface area (Å²) in [6.07, 6.45) is 3.44. The molecule has 2 rings (SSSR count). The normalized spacial score (nSPS) is 16.0. The predicted octanol–water partition coefficient (Wildman–Crippen LogP) is 3.08. The molecule has 0 radical (unpaired) electrons. The van der Waals surface area contributed by atoms with Crippen molar-refractivity contribution in [2.24, 2.45) is 10.7 Å². The van der Waals surface area contributed by atoms with E-state index < -0.39 is 13.0 Å². The standard InChI is InChI=1S/C15H22F2N4O.HI/c16-13(17)10-22-14-8-4-7-12(20-14)9-19-15(18)21-11-5-2-1-3-6-11;/h4,7-8,11,13H,1-3,5-6,9-10H2,(H3,18,19,21);1H. The first-order valence-corrected chi connectivity index (χ1v) is 7.57. The first-order valence-electron chi connectivity index (χ1n) is 7.57. The van der Waals surface area contributed by atoms with Gasteiger partial charge in [0.25, 0.3) is 6.43 Å². The Kier molecular flexibility index (Phi) is 9.12. The molecular weight excluding hydrogens is 417 g/mol. The molecule has 5 nitrogen and oxygen atoms in total. The van der Waals surface area contributed by atoms with Gasteiger partial charge in [-0.25, -0.2) is 18.8 Å². The van der Waals surface area contributed by atoms with Crippen LogP contribution in [-0.4, -0.2) is 30.0 Å². The number of nitrogens with one attached hydrogen (secondary N) is 1. The van der Waals surface area contributed by atoms with Gasteiger partial charge in [-0.3, -0.25) is 0 Å². The number of aromatic nitrogens is 1. The Morgan fingerprint density at radius 1 is 1.35 bits per heavy atom. The monoisotopic (exact) mass is 440 g/mol. The van der Waals surface area contributed by atoms with E-state index in [1.54, 1.807) is 18.2 Å². The highest BCUT2D eigenvalue weighted by atomic mass is 127. The van der Waals surface area contributed by atoms with E-state index in [0.717, 1.165) is 12.8 Å². The molecular formula is C15H23F2IN4O. The van der Waals surface area contributed by atoms with Crippen LogP contribution in [0.25, 0.3) is 0 Å². The van der Waals surface area contributed by atoms with Gasteiger partial charge in [-0.2, -0.15) is 0 Å². The third kappa shape index (κ3) is 7.76. The van der Waals surface area contributed by atoms with Crippen LogP contribution < -0.4 is 15.8 Å². The van der Waals surface area contributed by atoms with Crippen molar-refractivity contribution in [1.82, 2.24) is 10.3 Å². The largest absolute Gasteiger partial charge is 0.472 e. The molecule has 1 aromatic heterocycles. The number of hydrogen-bond donors (Lipinski definition) is 2. The number of pyridine rings is 1. The lowest BCUT2D eigenvalue weighted by Crippen LogP contribution is -2.41. The highest BCUT2D eigenvalue weighted by molar-refractivity contribution is 14.0. The van der Waals surface area contributed by atoms with Gasteiger partial charge < -0.3 is 15.8 Å². The number of rotatable bonds is 6. The molecule has 0 atom stereocenters. The summed E-state index contributed by atoms with van der Waals surface area (Å²) in [5.74, 6) is 0.569. The Labute approximate surface area is 152 Å². The van der Waals surface area contributed by atoms with E-state index in [1.165, 1.54) is 19.3 Å². The van der Waals surface area contributed by atoms with Crippen LogP contribution in [0.4, 0.5) is 8.78 Å². The van der Waals surface area contributed by atoms with E-state index in [4.69, 9.17) is 10.5 Å². The van der Waals surface area contributed by atoms with Crippen LogP contribution in [-0.2, 0) is 6.54 Å². The predicted molar refractivity (Wildman–Crippen MR) is 96.5 cm³/mol. The van der Waals surface area contributed by atoms with Crippen molar-refractivity contribution in [3.05, 3.63) is 23.9 Å². The van der Waals surface area contributed by atoms with E-state index in [2.05, 4.69) is 15.3 Å². The maximum atomic E-state index is 12.1. The van der Waals surface area contributed by atoms with E-state index >= 15 is 0 Å². The molecule has 0 saturated heterocycles. The molecule has 130 valence electrons. The highest BCUT2D eigenvalue weighted by Gasteiger charge is 2.13. The maximum Gasteiger partial charge on any atom is 0.272 e. The van der Waals surface area contributed by atoms with Crippen molar-refractivity contribution in [1.29, 1.82) is 0 Å². The summed E-state index contributed by atoms with van der Waals surface area (Å²) in [5, 5.41) is 3.21. The zero-order valence-electron chi connectivity index (χ0n) is 12.9. The fourth-order valence-corrected chi connectivity index (χ4v) is 2.44. The molecule has 1 saturated carbocycles. The van der Waals surface area contributed by atoms with Crippen LogP contribution in [0.1, 0.15) is 37.8 Å². The zero-order valence-corrected chi connectivity index (χ0v) is 15.2. The first-order chi connectivity index (χ1) is 10.6. The van der Waals surface area contributed by atoms with Crippen molar-refractivity contribution >= 4 is 29.9 Å². The van der Waals surface area contributed by atoms with Gasteiger partial charge in [0.2, 0.25) is 5.88 Å². The van der Waals surface area contributed by atoms with Crippen LogP contribution in [0.5, 0.6) is 5.88 Å². The third-order valence-corrected chi connectivity index (χ3v) is 3.51. The van der Waals surface area contributed by atoms with Gasteiger partial charge in [-0.05, 0) is 18.9 Å². The minimum absolute atomic E-state index is 0. The van der Waals surface area contributed by atoms with Crippen LogP contribution in [0.15, 0.2) is 23.2 Å². The molecule has 1 aromatic rings. The van der Waals surface area contributed by atoms with Gasteiger partial charge in [0.15, 0.2) is 12.6 Å². The average Bonchev–Trinajstić information content (AvgIpc) is 2.52. The molecule has 23 heavy (non-hydrogen) atoms. The van der Waals surface area contributed by atoms with Gasteiger partial charge in [0, 0.05) is 12.1 Å². The second kappa shape index (κ2) is 10.6. The molecule has 1 aliphatic carbocycles. The number of guanidine groups is 1. The van der Waals surface area contributed by atoms with Crippen LogP contribution in [0, 0.1) is 0 Å². The molecule has 0 amide bonds. The fraction of sp³-hybridized carbons (Fsp3) is 0.600. The molecule has 1 heterocycles. The molecule has 3 N–H and O–H groups in total. The smallest absolute Gasteiger partial charge is 0.272 e. The number of ether oxygens (including phenoxy) is 1. The van der Waals surface area contributed by atoms with E-state index in [-0.39, 0.29) is 36.4 Å².